The van der Waals surface area contributed by atoms with Gasteiger partial charge in [-0.05, 0) is 39.7 Å². The third kappa shape index (κ3) is 1.26. The van der Waals surface area contributed by atoms with Crippen LogP contribution in [0, 0.1) is 0 Å². The summed E-state index contributed by atoms with van der Waals surface area (Å²) >= 11 is 0. The summed E-state index contributed by atoms with van der Waals surface area (Å²) in [5.74, 6) is 0.0932. The van der Waals surface area contributed by atoms with Crippen LogP contribution in [0.5, 0.6) is 0 Å². The van der Waals surface area contributed by atoms with Crippen molar-refractivity contribution in [3.05, 3.63) is 0 Å². The Labute approximate surface area is 85.8 Å². The van der Waals surface area contributed by atoms with Gasteiger partial charge in [0, 0.05) is 24.5 Å². The van der Waals surface area contributed by atoms with Crippen LogP contribution in [0.2, 0.25) is 0 Å². The molecular weight excluding hydrogens is 176 g/mol. The molecule has 0 radical (unpaired) electrons. The van der Waals surface area contributed by atoms with Gasteiger partial charge >= 0.3 is 0 Å². The summed E-state index contributed by atoms with van der Waals surface area (Å²) in [5, 5.41) is 3.05. The van der Waals surface area contributed by atoms with Crippen molar-refractivity contribution in [3.8, 4) is 0 Å². The Balaban J connectivity index is 2.11. The van der Waals surface area contributed by atoms with Crippen molar-refractivity contribution in [1.82, 2.24) is 10.2 Å². The van der Waals surface area contributed by atoms with Crippen LogP contribution in [0.1, 0.15) is 39.5 Å². The van der Waals surface area contributed by atoms with Gasteiger partial charge in [-0.3, -0.25) is 9.69 Å². The molecule has 1 atom stereocenters. The number of rotatable bonds is 2. The van der Waals surface area contributed by atoms with Crippen LogP contribution >= 0.6 is 0 Å². The minimum atomic E-state index is 0.0932. The van der Waals surface area contributed by atoms with Crippen molar-refractivity contribution in [2.24, 2.45) is 0 Å². The molecule has 3 nitrogen and oxygen atoms in total. The fourth-order valence-electron chi connectivity index (χ4n) is 3.38. The van der Waals surface area contributed by atoms with E-state index in [0.717, 1.165) is 6.04 Å². The summed E-state index contributed by atoms with van der Waals surface area (Å²) in [6, 6.07) is 1.06. The smallest absolute Gasteiger partial charge is 0.217 e. The summed E-state index contributed by atoms with van der Waals surface area (Å²) in [7, 11) is 2.21. The van der Waals surface area contributed by atoms with Crippen molar-refractivity contribution in [2.45, 2.75) is 57.2 Å². The standard InChI is InChI=1S/C11H20N2O/c1-8(12-9(2)14)11-6-4-10(5-7-11)13(11)3/h8,10H,4-7H2,1-3H3,(H,12,14). The zero-order chi connectivity index (χ0) is 10.3. The first-order valence-electron chi connectivity index (χ1n) is 5.56. The topological polar surface area (TPSA) is 32.3 Å². The van der Waals surface area contributed by atoms with E-state index in [2.05, 4.69) is 24.2 Å². The van der Waals surface area contributed by atoms with E-state index < -0.39 is 0 Å². The second kappa shape index (κ2) is 3.23. The van der Waals surface area contributed by atoms with Crippen LogP contribution in [-0.4, -0.2) is 35.5 Å². The number of likely N-dealkylation sites (N-methyl/N-ethyl adjacent to an activating group) is 1. The first-order chi connectivity index (χ1) is 6.56. The van der Waals surface area contributed by atoms with Gasteiger partial charge in [0.05, 0.1) is 0 Å². The van der Waals surface area contributed by atoms with Gasteiger partial charge in [-0.25, -0.2) is 0 Å². The van der Waals surface area contributed by atoms with Crippen LogP contribution in [0.4, 0.5) is 0 Å². The molecule has 0 aromatic heterocycles. The average Bonchev–Trinajstić information content (AvgIpc) is 2.60. The number of hydrogen-bond donors (Lipinski definition) is 1. The van der Waals surface area contributed by atoms with Crippen LogP contribution in [0.3, 0.4) is 0 Å². The fourth-order valence-corrected chi connectivity index (χ4v) is 3.38. The zero-order valence-corrected chi connectivity index (χ0v) is 9.34. The van der Waals surface area contributed by atoms with Crippen molar-refractivity contribution in [3.63, 3.8) is 0 Å². The Hall–Kier alpha value is -0.570. The molecule has 0 aromatic carbocycles. The molecule has 2 heterocycles. The maximum atomic E-state index is 11.1. The minimum Gasteiger partial charge on any atom is -0.352 e. The summed E-state index contributed by atoms with van der Waals surface area (Å²) in [6.07, 6.45) is 5.10. The van der Waals surface area contributed by atoms with Gasteiger partial charge in [0.2, 0.25) is 5.91 Å². The Kier molecular flexibility index (Phi) is 2.30. The highest BCUT2D eigenvalue weighted by molar-refractivity contribution is 5.73. The highest BCUT2D eigenvalue weighted by atomic mass is 16.1. The average molecular weight is 196 g/mol. The molecule has 80 valence electrons. The van der Waals surface area contributed by atoms with Gasteiger partial charge in [-0.2, -0.15) is 0 Å². The maximum absolute atomic E-state index is 11.1. The molecule has 2 aliphatic heterocycles. The summed E-state index contributed by atoms with van der Waals surface area (Å²) in [5.41, 5.74) is 0.260. The van der Waals surface area contributed by atoms with Gasteiger partial charge in [-0.1, -0.05) is 0 Å². The van der Waals surface area contributed by atoms with E-state index >= 15 is 0 Å². The molecule has 0 saturated carbocycles. The van der Waals surface area contributed by atoms with Crippen LogP contribution in [0.15, 0.2) is 0 Å². The van der Waals surface area contributed by atoms with Gasteiger partial charge in [0.15, 0.2) is 0 Å². The number of carbonyl (C=O) groups is 1. The number of carbonyl (C=O) groups excluding carboxylic acids is 1. The molecule has 0 aliphatic carbocycles. The first kappa shape index (κ1) is 9.97. The fraction of sp³-hybridized carbons (Fsp3) is 0.909. The molecule has 0 aromatic rings. The van der Waals surface area contributed by atoms with Crippen molar-refractivity contribution >= 4 is 5.91 Å². The minimum absolute atomic E-state index is 0.0932. The van der Waals surface area contributed by atoms with Crippen molar-refractivity contribution in [1.29, 1.82) is 0 Å². The van der Waals surface area contributed by atoms with E-state index in [1.807, 2.05) is 0 Å². The lowest BCUT2D eigenvalue weighted by Gasteiger charge is -2.38. The molecular formula is C11H20N2O. The zero-order valence-electron chi connectivity index (χ0n) is 9.34. The summed E-state index contributed by atoms with van der Waals surface area (Å²) < 4.78 is 0. The second-order valence-corrected chi connectivity index (χ2v) is 4.87. The molecule has 2 bridgehead atoms. The number of nitrogens with one attached hydrogen (secondary N) is 1. The largest absolute Gasteiger partial charge is 0.352 e. The van der Waals surface area contributed by atoms with Crippen LogP contribution < -0.4 is 5.32 Å². The number of nitrogens with zero attached hydrogens (tertiary/aromatic N) is 1. The molecule has 3 heteroatoms. The Bertz CT molecular complexity index is 244. The van der Waals surface area contributed by atoms with Gasteiger partial charge in [-0.15, -0.1) is 0 Å². The summed E-state index contributed by atoms with van der Waals surface area (Å²) in [4.78, 5) is 13.6. The van der Waals surface area contributed by atoms with Gasteiger partial charge in [0.25, 0.3) is 0 Å². The highest BCUT2D eigenvalue weighted by Gasteiger charge is 2.52. The summed E-state index contributed by atoms with van der Waals surface area (Å²) in [6.45, 7) is 3.75. The number of hydrogen-bond acceptors (Lipinski definition) is 2. The van der Waals surface area contributed by atoms with E-state index in [0.29, 0.717) is 0 Å². The van der Waals surface area contributed by atoms with E-state index in [9.17, 15) is 4.79 Å². The first-order valence-corrected chi connectivity index (χ1v) is 5.56. The lowest BCUT2D eigenvalue weighted by molar-refractivity contribution is -0.120. The van der Waals surface area contributed by atoms with E-state index in [1.54, 1.807) is 6.92 Å². The Morgan fingerprint density at radius 2 is 2.07 bits per heavy atom. The van der Waals surface area contributed by atoms with Crippen LogP contribution in [-0.2, 0) is 4.79 Å². The molecule has 1 N–H and O–H groups in total. The molecule has 14 heavy (non-hydrogen) atoms. The Morgan fingerprint density at radius 3 is 2.43 bits per heavy atom. The lowest BCUT2D eigenvalue weighted by atomic mass is 9.82. The van der Waals surface area contributed by atoms with Crippen molar-refractivity contribution < 1.29 is 4.79 Å². The Morgan fingerprint density at radius 1 is 1.50 bits per heavy atom. The van der Waals surface area contributed by atoms with Gasteiger partial charge < -0.3 is 5.32 Å². The normalized spacial score (nSPS) is 38.6. The van der Waals surface area contributed by atoms with E-state index in [4.69, 9.17) is 0 Å². The molecule has 0 spiro atoms. The quantitative estimate of drug-likeness (QED) is 0.718. The highest BCUT2D eigenvalue weighted by Crippen LogP contribution is 2.46. The molecule has 2 rings (SSSR count). The monoisotopic (exact) mass is 196 g/mol. The van der Waals surface area contributed by atoms with Crippen molar-refractivity contribution in [2.75, 3.05) is 7.05 Å². The maximum Gasteiger partial charge on any atom is 0.217 e. The SMILES string of the molecule is CC(=O)NC(C)C12CCC(CC1)N2C. The van der Waals surface area contributed by atoms with Gasteiger partial charge in [0.1, 0.15) is 0 Å². The third-order valence-electron chi connectivity index (χ3n) is 4.30. The second-order valence-electron chi connectivity index (χ2n) is 4.87. The third-order valence-corrected chi connectivity index (χ3v) is 4.30. The molecule has 2 fully saturated rings. The number of fused-ring (bicyclic) bond motifs is 2. The lowest BCUT2D eigenvalue weighted by Crippen LogP contribution is -2.54. The number of amides is 1. The molecule has 1 unspecified atom stereocenters. The van der Waals surface area contributed by atoms with E-state index in [-0.39, 0.29) is 17.5 Å². The molecule has 2 aliphatic rings. The molecule has 1 amide bonds. The predicted molar refractivity (Wildman–Crippen MR) is 56.0 cm³/mol. The van der Waals surface area contributed by atoms with E-state index in [1.165, 1.54) is 25.7 Å². The molecule has 2 saturated heterocycles. The van der Waals surface area contributed by atoms with Crippen LogP contribution in [0.25, 0.3) is 0 Å². The predicted octanol–water partition coefficient (Wildman–Crippen LogP) is 1.14.